The number of unbranched alkanes of at least 4 members (excludes halogenated alkanes) is 23. The maximum atomic E-state index is 11.3. The zero-order valence-corrected chi connectivity index (χ0v) is 33.9. The Hall–Kier alpha value is -1.37. The second-order valence-corrected chi connectivity index (χ2v) is 14.7. The molecule has 0 saturated heterocycles. The third-order valence-corrected chi connectivity index (χ3v) is 10.4. The minimum atomic E-state index is -0.644. The summed E-state index contributed by atoms with van der Waals surface area (Å²) in [7, 11) is 4.41. The molecule has 0 aromatic carbocycles. The van der Waals surface area contributed by atoms with Crippen LogP contribution in [0.2, 0.25) is 19.0 Å². The van der Waals surface area contributed by atoms with E-state index in [1.807, 2.05) is 0 Å². The van der Waals surface area contributed by atoms with Gasteiger partial charge in [-0.15, -0.1) is 0 Å². The molecule has 0 aromatic heterocycles. The molecule has 0 unspecified atom stereocenters. The van der Waals surface area contributed by atoms with Gasteiger partial charge in [0.05, 0.1) is 27.5 Å². The van der Waals surface area contributed by atoms with Crippen LogP contribution in [0.15, 0.2) is 0 Å². The van der Waals surface area contributed by atoms with Gasteiger partial charge in [-0.2, -0.15) is 24.9 Å². The summed E-state index contributed by atoms with van der Waals surface area (Å²) in [6.07, 6.45) is 37.7. The normalized spacial score (nSPS) is 11.0. The van der Waals surface area contributed by atoms with E-state index in [1.54, 1.807) is 0 Å². The molecule has 0 aliphatic heterocycles. The van der Waals surface area contributed by atoms with E-state index in [0.29, 0.717) is 19.3 Å². The molecule has 0 radical (unpaired) electrons. The minimum Gasteiger partial charge on any atom is -0.469 e. The molecule has 0 aliphatic rings. The Morgan fingerprint density at radius 3 is 0.940 bits per heavy atom. The van der Waals surface area contributed by atoms with Gasteiger partial charge in [-0.25, -0.2) is 0 Å². The molecule has 8 heteroatoms. The number of hydrogen-bond acceptors (Lipinski definition) is 6. The molecule has 0 rings (SSSR count). The summed E-state index contributed by atoms with van der Waals surface area (Å²) in [5.41, 5.74) is 0. The molecule has 0 aromatic rings. The quantitative estimate of drug-likeness (QED) is 0.0216. The fourth-order valence-corrected chi connectivity index (χ4v) is 7.10. The standard InChI is InChI=1S/C42H78BO6.Li/c1-5-6-7-29-36-43(37-30-23-17-11-8-14-20-26-33-40(44)47-2,38-31-24-18-12-9-15-21-27-34-41(45)48-3)39-32-25-19-13-10-16-22-28-35-42(46)49-4;/h5-28,30-35,37-39H2,1-4H3;/q-1;+1. The molecule has 0 spiro atoms. The molecular formula is C42H78BLiO6. The molecule has 0 heterocycles. The van der Waals surface area contributed by atoms with Gasteiger partial charge in [0.1, 0.15) is 0 Å². The third kappa shape index (κ3) is 33.8. The average molecular weight is 697 g/mol. The summed E-state index contributed by atoms with van der Waals surface area (Å²) in [6, 6.07) is 0. The SMILES string of the molecule is CCCCC#C[B-](CCCCCCCCCCC(=O)OC)(CCCCCCCCCCC(=O)OC)CCCCCCCCCCC(=O)OC.[Li+]. The van der Waals surface area contributed by atoms with Crippen LogP contribution >= 0.6 is 0 Å². The predicted octanol–water partition coefficient (Wildman–Crippen LogP) is 9.22. The molecule has 0 fully saturated rings. The van der Waals surface area contributed by atoms with Crippen molar-refractivity contribution in [1.82, 2.24) is 0 Å². The van der Waals surface area contributed by atoms with Crippen molar-refractivity contribution in [3.63, 3.8) is 0 Å². The molecular weight excluding hydrogens is 618 g/mol. The largest absolute Gasteiger partial charge is 1.00 e. The molecule has 0 amide bonds. The van der Waals surface area contributed by atoms with Crippen molar-refractivity contribution < 1.29 is 47.5 Å². The summed E-state index contributed by atoms with van der Waals surface area (Å²) in [5, 5.41) is 0. The number of ether oxygens (including phenoxy) is 3. The van der Waals surface area contributed by atoms with E-state index in [0.717, 1.165) is 44.9 Å². The number of esters is 3. The van der Waals surface area contributed by atoms with E-state index in [-0.39, 0.29) is 36.8 Å². The van der Waals surface area contributed by atoms with Crippen LogP contribution < -0.4 is 18.9 Å². The first-order valence-corrected chi connectivity index (χ1v) is 20.8. The average Bonchev–Trinajstić information content (AvgIpc) is 3.11. The Kier molecular flexibility index (Phi) is 39.4. The Morgan fingerprint density at radius 2 is 0.680 bits per heavy atom. The third-order valence-electron chi connectivity index (χ3n) is 10.4. The fraction of sp³-hybridized carbons (Fsp3) is 0.881. The monoisotopic (exact) mass is 697 g/mol. The van der Waals surface area contributed by atoms with E-state index in [4.69, 9.17) is 14.2 Å². The van der Waals surface area contributed by atoms with E-state index < -0.39 is 6.15 Å². The van der Waals surface area contributed by atoms with Crippen molar-refractivity contribution in [3.8, 4) is 11.7 Å². The smallest absolute Gasteiger partial charge is 0.469 e. The molecule has 0 saturated carbocycles. The van der Waals surface area contributed by atoms with Crippen LogP contribution in [0.25, 0.3) is 0 Å². The van der Waals surface area contributed by atoms with Crippen molar-refractivity contribution in [3.05, 3.63) is 0 Å². The molecule has 0 N–H and O–H groups in total. The minimum absolute atomic E-state index is 0. The maximum absolute atomic E-state index is 11.3. The van der Waals surface area contributed by atoms with Crippen LogP contribution in [0, 0.1) is 11.7 Å². The van der Waals surface area contributed by atoms with Crippen LogP contribution in [0.1, 0.15) is 200 Å². The number of rotatable bonds is 35. The number of methoxy groups -OCH3 is 3. The van der Waals surface area contributed by atoms with Gasteiger partial charge in [-0.3, -0.25) is 14.4 Å². The zero-order valence-electron chi connectivity index (χ0n) is 33.9. The Labute approximate surface area is 321 Å². The van der Waals surface area contributed by atoms with E-state index in [2.05, 4.69) is 18.7 Å². The zero-order chi connectivity index (χ0) is 36.1. The first-order chi connectivity index (χ1) is 23.9. The van der Waals surface area contributed by atoms with Crippen LogP contribution in [-0.2, 0) is 28.6 Å². The second kappa shape index (κ2) is 38.9. The Bertz CT molecular complexity index is 767. The van der Waals surface area contributed by atoms with Gasteiger partial charge in [0.15, 0.2) is 0 Å². The molecule has 50 heavy (non-hydrogen) atoms. The number of carbonyl (C=O) groups is 3. The van der Waals surface area contributed by atoms with E-state index in [9.17, 15) is 14.4 Å². The number of carbonyl (C=O) groups excluding carboxylic acids is 3. The van der Waals surface area contributed by atoms with Crippen molar-refractivity contribution in [1.29, 1.82) is 0 Å². The Morgan fingerprint density at radius 1 is 0.420 bits per heavy atom. The van der Waals surface area contributed by atoms with E-state index in [1.165, 1.54) is 169 Å². The summed E-state index contributed by atoms with van der Waals surface area (Å²) < 4.78 is 14.2. The van der Waals surface area contributed by atoms with Gasteiger partial charge in [0, 0.05) is 25.7 Å². The van der Waals surface area contributed by atoms with Crippen LogP contribution in [0.5, 0.6) is 0 Å². The molecule has 286 valence electrons. The van der Waals surface area contributed by atoms with Crippen LogP contribution in [0.3, 0.4) is 0 Å². The number of hydrogen-bond donors (Lipinski definition) is 0. The van der Waals surface area contributed by atoms with Gasteiger partial charge in [-0.05, 0) is 25.7 Å². The molecule has 0 aliphatic carbocycles. The van der Waals surface area contributed by atoms with Crippen LogP contribution in [-0.4, -0.2) is 45.4 Å². The van der Waals surface area contributed by atoms with Crippen LogP contribution in [0.4, 0.5) is 0 Å². The van der Waals surface area contributed by atoms with Gasteiger partial charge < -0.3 is 20.0 Å². The van der Waals surface area contributed by atoms with Gasteiger partial charge in [0.2, 0.25) is 0 Å². The molecule has 0 bridgehead atoms. The first-order valence-electron chi connectivity index (χ1n) is 20.8. The van der Waals surface area contributed by atoms with Gasteiger partial charge in [-0.1, -0.05) is 148 Å². The summed E-state index contributed by atoms with van der Waals surface area (Å²) in [5.74, 6) is 7.41. The fourth-order valence-electron chi connectivity index (χ4n) is 7.10. The van der Waals surface area contributed by atoms with E-state index >= 15 is 0 Å². The maximum Gasteiger partial charge on any atom is 1.00 e. The topological polar surface area (TPSA) is 78.9 Å². The summed E-state index contributed by atoms with van der Waals surface area (Å²) in [6.45, 7) is 2.26. The van der Waals surface area contributed by atoms with Gasteiger partial charge in [0.25, 0.3) is 0 Å². The second-order valence-electron chi connectivity index (χ2n) is 14.7. The van der Waals surface area contributed by atoms with Crippen molar-refractivity contribution in [2.24, 2.45) is 0 Å². The summed E-state index contributed by atoms with van der Waals surface area (Å²) in [4.78, 5) is 33.9. The predicted molar refractivity (Wildman–Crippen MR) is 208 cm³/mol. The van der Waals surface area contributed by atoms with Crippen molar-refractivity contribution in [2.45, 2.75) is 219 Å². The van der Waals surface area contributed by atoms with Crippen molar-refractivity contribution in [2.75, 3.05) is 21.3 Å². The van der Waals surface area contributed by atoms with Gasteiger partial charge >= 0.3 is 36.8 Å². The molecule has 6 nitrogen and oxygen atoms in total. The summed E-state index contributed by atoms with van der Waals surface area (Å²) >= 11 is 0. The Balaban J connectivity index is 0. The van der Waals surface area contributed by atoms with Crippen molar-refractivity contribution >= 4 is 24.1 Å². The molecule has 0 atom stereocenters. The first kappa shape index (κ1) is 50.7.